The number of benzene rings is 1. The van der Waals surface area contributed by atoms with Gasteiger partial charge >= 0.3 is 0 Å². The number of hydrogen-bond acceptors (Lipinski definition) is 3. The molecule has 3 rings (SSSR count). The van der Waals surface area contributed by atoms with Gasteiger partial charge in [-0.25, -0.2) is 0 Å². The third kappa shape index (κ3) is 2.71. The molecule has 0 radical (unpaired) electrons. The van der Waals surface area contributed by atoms with Gasteiger partial charge in [0.15, 0.2) is 0 Å². The Balaban J connectivity index is 1.89. The van der Waals surface area contributed by atoms with Gasteiger partial charge in [0.25, 0.3) is 0 Å². The summed E-state index contributed by atoms with van der Waals surface area (Å²) in [5.41, 5.74) is 4.94. The molecule has 0 aliphatic heterocycles. The quantitative estimate of drug-likeness (QED) is 0.866. The number of rotatable bonds is 4. The van der Waals surface area contributed by atoms with Crippen LogP contribution in [0, 0.1) is 18.3 Å². The van der Waals surface area contributed by atoms with Gasteiger partial charge in [-0.3, -0.25) is 4.68 Å². The van der Waals surface area contributed by atoms with Crippen LogP contribution in [0.15, 0.2) is 24.3 Å². The zero-order valence-electron chi connectivity index (χ0n) is 13.2. The van der Waals surface area contributed by atoms with Gasteiger partial charge in [-0.1, -0.05) is 12.1 Å². The van der Waals surface area contributed by atoms with E-state index in [9.17, 15) is 0 Å². The van der Waals surface area contributed by atoms with Crippen LogP contribution in [0.3, 0.4) is 0 Å². The van der Waals surface area contributed by atoms with Gasteiger partial charge in [0.1, 0.15) is 5.75 Å². The zero-order chi connectivity index (χ0) is 15.5. The topological polar surface area (TPSA) is 50.8 Å². The second-order valence-electron chi connectivity index (χ2n) is 5.90. The van der Waals surface area contributed by atoms with Crippen LogP contribution in [-0.4, -0.2) is 16.9 Å². The smallest absolute Gasteiger partial charge is 0.118 e. The maximum absolute atomic E-state index is 9.04. The summed E-state index contributed by atoms with van der Waals surface area (Å²) >= 11 is 0. The zero-order valence-corrected chi connectivity index (χ0v) is 13.2. The molecule has 4 nitrogen and oxygen atoms in total. The first-order chi connectivity index (χ1) is 10.7. The van der Waals surface area contributed by atoms with Crippen molar-refractivity contribution in [2.45, 2.75) is 45.1 Å². The fourth-order valence-electron chi connectivity index (χ4n) is 3.45. The highest BCUT2D eigenvalue weighted by atomic mass is 16.5. The Hall–Kier alpha value is -2.28. The molecule has 0 fully saturated rings. The Kier molecular flexibility index (Phi) is 4.15. The molecule has 0 N–H and O–H groups in total. The summed E-state index contributed by atoms with van der Waals surface area (Å²) in [7, 11) is 1.68. The summed E-state index contributed by atoms with van der Waals surface area (Å²) in [5.74, 6) is 1.23. The van der Waals surface area contributed by atoms with Crippen LogP contribution in [-0.2, 0) is 13.0 Å². The lowest BCUT2D eigenvalue weighted by molar-refractivity contribution is 0.414. The van der Waals surface area contributed by atoms with Gasteiger partial charge < -0.3 is 4.74 Å². The van der Waals surface area contributed by atoms with Crippen molar-refractivity contribution in [3.8, 4) is 11.8 Å². The number of fused-ring (bicyclic) bond motifs is 1. The molecule has 1 unspecified atom stereocenters. The van der Waals surface area contributed by atoms with Gasteiger partial charge in [0.05, 0.1) is 25.4 Å². The van der Waals surface area contributed by atoms with E-state index in [1.807, 2.05) is 12.1 Å². The summed E-state index contributed by atoms with van der Waals surface area (Å²) in [6, 6.07) is 10.5. The highest BCUT2D eigenvalue weighted by Crippen LogP contribution is 2.36. The van der Waals surface area contributed by atoms with E-state index in [4.69, 9.17) is 15.1 Å². The first-order valence-corrected chi connectivity index (χ1v) is 7.79. The van der Waals surface area contributed by atoms with Crippen LogP contribution in [0.25, 0.3) is 0 Å². The molecule has 0 bridgehead atoms. The molecule has 1 aliphatic carbocycles. The Labute approximate surface area is 131 Å². The molecule has 0 saturated carbocycles. The van der Waals surface area contributed by atoms with E-state index in [1.54, 1.807) is 7.11 Å². The van der Waals surface area contributed by atoms with E-state index in [2.05, 4.69) is 29.8 Å². The summed E-state index contributed by atoms with van der Waals surface area (Å²) in [6.45, 7) is 2.85. The molecular weight excluding hydrogens is 274 g/mol. The number of nitriles is 1. The van der Waals surface area contributed by atoms with E-state index in [0.717, 1.165) is 37.3 Å². The number of aryl methyl sites for hydroxylation is 1. The average Bonchev–Trinajstić information content (AvgIpc) is 2.86. The SMILES string of the molecule is COc1ccc(Cn2nc(C)c3c2CCCC3CC#N)cc1. The molecule has 1 aromatic carbocycles. The molecule has 0 saturated heterocycles. The number of hydrogen-bond donors (Lipinski definition) is 0. The largest absolute Gasteiger partial charge is 0.497 e. The highest BCUT2D eigenvalue weighted by molar-refractivity contribution is 5.34. The van der Waals surface area contributed by atoms with Crippen LogP contribution in [0.2, 0.25) is 0 Å². The van der Waals surface area contributed by atoms with E-state index in [-0.39, 0.29) is 0 Å². The maximum atomic E-state index is 9.04. The fourth-order valence-corrected chi connectivity index (χ4v) is 3.45. The molecule has 2 aromatic rings. The van der Waals surface area contributed by atoms with Gasteiger partial charge in [0.2, 0.25) is 0 Å². The fraction of sp³-hybridized carbons (Fsp3) is 0.444. The lowest BCUT2D eigenvalue weighted by atomic mass is 9.83. The number of methoxy groups -OCH3 is 1. The Morgan fingerprint density at radius 1 is 1.36 bits per heavy atom. The molecule has 4 heteroatoms. The minimum atomic E-state index is 0.360. The minimum absolute atomic E-state index is 0.360. The number of aromatic nitrogens is 2. The Morgan fingerprint density at radius 2 is 2.14 bits per heavy atom. The number of nitrogens with zero attached hydrogens (tertiary/aromatic N) is 3. The van der Waals surface area contributed by atoms with Crippen molar-refractivity contribution in [3.63, 3.8) is 0 Å². The second-order valence-corrected chi connectivity index (χ2v) is 5.90. The average molecular weight is 295 g/mol. The summed E-state index contributed by atoms with van der Waals surface area (Å²) < 4.78 is 7.32. The molecule has 1 aromatic heterocycles. The predicted octanol–water partition coefficient (Wildman–Crippen LogP) is 3.58. The van der Waals surface area contributed by atoms with Crippen LogP contribution in [0.5, 0.6) is 5.75 Å². The third-order valence-corrected chi connectivity index (χ3v) is 4.49. The van der Waals surface area contributed by atoms with Crippen molar-refractivity contribution in [1.82, 2.24) is 9.78 Å². The Bertz CT molecular complexity index is 694. The molecule has 1 heterocycles. The first-order valence-electron chi connectivity index (χ1n) is 7.79. The van der Waals surface area contributed by atoms with Gasteiger partial charge in [0, 0.05) is 23.6 Å². The predicted molar refractivity (Wildman–Crippen MR) is 85.0 cm³/mol. The Morgan fingerprint density at radius 3 is 2.82 bits per heavy atom. The van der Waals surface area contributed by atoms with Crippen LogP contribution >= 0.6 is 0 Å². The molecular formula is C18H21N3O. The van der Waals surface area contributed by atoms with Crippen LogP contribution in [0.1, 0.15) is 47.7 Å². The maximum Gasteiger partial charge on any atom is 0.118 e. The van der Waals surface area contributed by atoms with Crippen molar-refractivity contribution >= 4 is 0 Å². The lowest BCUT2D eigenvalue weighted by Crippen LogP contribution is -2.13. The van der Waals surface area contributed by atoms with Crippen LogP contribution in [0.4, 0.5) is 0 Å². The van der Waals surface area contributed by atoms with Crippen LogP contribution < -0.4 is 4.74 Å². The summed E-state index contributed by atoms with van der Waals surface area (Å²) in [6.07, 6.45) is 3.92. The molecule has 1 atom stereocenters. The highest BCUT2D eigenvalue weighted by Gasteiger charge is 2.26. The van der Waals surface area contributed by atoms with Crippen molar-refractivity contribution in [2.75, 3.05) is 7.11 Å². The second kappa shape index (κ2) is 6.23. The van der Waals surface area contributed by atoms with E-state index >= 15 is 0 Å². The summed E-state index contributed by atoms with van der Waals surface area (Å²) in [5, 5.41) is 13.8. The van der Waals surface area contributed by atoms with E-state index < -0.39 is 0 Å². The van der Waals surface area contributed by atoms with Gasteiger partial charge in [-0.05, 0) is 43.9 Å². The van der Waals surface area contributed by atoms with E-state index in [0.29, 0.717) is 12.3 Å². The summed E-state index contributed by atoms with van der Waals surface area (Å²) in [4.78, 5) is 0. The first kappa shape index (κ1) is 14.6. The molecule has 0 spiro atoms. The lowest BCUT2D eigenvalue weighted by Gasteiger charge is -2.21. The molecule has 0 amide bonds. The van der Waals surface area contributed by atoms with Crippen molar-refractivity contribution in [2.24, 2.45) is 0 Å². The molecule has 22 heavy (non-hydrogen) atoms. The van der Waals surface area contributed by atoms with Gasteiger partial charge in [-0.2, -0.15) is 10.4 Å². The van der Waals surface area contributed by atoms with Crippen molar-refractivity contribution in [1.29, 1.82) is 5.26 Å². The normalized spacial score (nSPS) is 16.9. The molecule has 114 valence electrons. The van der Waals surface area contributed by atoms with Gasteiger partial charge in [-0.15, -0.1) is 0 Å². The van der Waals surface area contributed by atoms with E-state index in [1.165, 1.54) is 16.8 Å². The third-order valence-electron chi connectivity index (χ3n) is 4.49. The van der Waals surface area contributed by atoms with Crippen molar-refractivity contribution < 1.29 is 4.74 Å². The monoisotopic (exact) mass is 295 g/mol. The standard InChI is InChI=1S/C18H21N3O/c1-13-18-15(10-11-19)4-3-5-17(18)21(20-13)12-14-6-8-16(22-2)9-7-14/h6-9,15H,3-5,10,12H2,1-2H3. The molecule has 1 aliphatic rings. The number of ether oxygens (including phenoxy) is 1. The van der Waals surface area contributed by atoms with Crippen molar-refractivity contribution in [3.05, 3.63) is 46.8 Å². The minimum Gasteiger partial charge on any atom is -0.497 e.